The summed E-state index contributed by atoms with van der Waals surface area (Å²) in [5.74, 6) is -0.293. The van der Waals surface area contributed by atoms with E-state index in [1.807, 2.05) is 0 Å². The molecule has 168 valence electrons. The molecule has 0 amide bonds. The third-order valence-electron chi connectivity index (χ3n) is 6.21. The van der Waals surface area contributed by atoms with Gasteiger partial charge in [-0.05, 0) is 44.9 Å². The maximum absolute atomic E-state index is 11.7. The molecule has 6 heteroatoms. The van der Waals surface area contributed by atoms with Crippen LogP contribution in [0, 0.1) is 0 Å². The first-order valence-electron chi connectivity index (χ1n) is 11.7. The second-order valence-electron chi connectivity index (χ2n) is 8.83. The molecule has 0 aromatic rings. The van der Waals surface area contributed by atoms with Crippen molar-refractivity contribution in [1.29, 1.82) is 0 Å². The van der Waals surface area contributed by atoms with Gasteiger partial charge in [0.2, 0.25) is 0 Å². The number of unbranched alkanes of at least 4 members (excludes halogenated alkanes) is 4. The molecule has 0 aromatic carbocycles. The molecule has 0 radical (unpaired) electrons. The first kappa shape index (κ1) is 24.1. The van der Waals surface area contributed by atoms with Crippen molar-refractivity contribution in [3.05, 3.63) is 0 Å². The predicted octanol–water partition coefficient (Wildman–Crippen LogP) is 4.64. The molecule has 1 spiro atoms. The molecule has 0 aromatic heterocycles. The van der Waals surface area contributed by atoms with Crippen molar-refractivity contribution in [3.63, 3.8) is 0 Å². The summed E-state index contributed by atoms with van der Waals surface area (Å²) in [6.07, 6.45) is 14.3. The lowest BCUT2D eigenvalue weighted by Gasteiger charge is -2.36. The quantitative estimate of drug-likeness (QED) is 0.351. The van der Waals surface area contributed by atoms with E-state index in [1.165, 1.54) is 26.2 Å². The van der Waals surface area contributed by atoms with E-state index in [2.05, 4.69) is 12.2 Å². The molecule has 29 heavy (non-hydrogen) atoms. The van der Waals surface area contributed by atoms with Gasteiger partial charge in [-0.15, -0.1) is 0 Å². The molecule has 2 rings (SSSR count). The third kappa shape index (κ3) is 8.63. The Morgan fingerprint density at radius 3 is 2.41 bits per heavy atom. The van der Waals surface area contributed by atoms with Gasteiger partial charge in [0.25, 0.3) is 0 Å². The smallest absolute Gasteiger partial charge is 0.305 e. The minimum atomic E-state index is -0.225. The van der Waals surface area contributed by atoms with Crippen molar-refractivity contribution in [2.75, 3.05) is 19.8 Å². The predicted molar refractivity (Wildman–Crippen MR) is 112 cm³/mol. The molecule has 1 saturated carbocycles. The van der Waals surface area contributed by atoms with Crippen molar-refractivity contribution < 1.29 is 23.8 Å². The molecule has 0 bridgehead atoms. The van der Waals surface area contributed by atoms with E-state index in [1.54, 1.807) is 0 Å². The lowest BCUT2D eigenvalue weighted by atomic mass is 9.86. The highest BCUT2D eigenvalue weighted by molar-refractivity contribution is 5.69. The molecular formula is C23H41NO5. The van der Waals surface area contributed by atoms with Crippen LogP contribution in [0.15, 0.2) is 0 Å². The van der Waals surface area contributed by atoms with Gasteiger partial charge in [0.15, 0.2) is 0 Å². The van der Waals surface area contributed by atoms with Crippen LogP contribution in [-0.2, 0) is 23.8 Å². The van der Waals surface area contributed by atoms with Crippen molar-refractivity contribution >= 4 is 11.9 Å². The monoisotopic (exact) mass is 411 g/mol. The second kappa shape index (κ2) is 12.5. The van der Waals surface area contributed by atoms with Crippen molar-refractivity contribution in [2.45, 2.75) is 115 Å². The standard InChI is InChI=1S/C23H41NO5/c1-3-4-17-28-21(26)12-8-5-6-9-13-22(16-18-27-20(2)25)19-29-23(24-22)14-10-7-11-15-23/h24H,3-19H2,1-2H3. The largest absolute Gasteiger partial charge is 0.466 e. The van der Waals surface area contributed by atoms with E-state index in [0.29, 0.717) is 26.2 Å². The molecule has 1 atom stereocenters. The first-order chi connectivity index (χ1) is 14.0. The third-order valence-corrected chi connectivity index (χ3v) is 6.21. The van der Waals surface area contributed by atoms with Crippen LogP contribution in [0.3, 0.4) is 0 Å². The number of carbonyl (C=O) groups excluding carboxylic acids is 2. The number of carbonyl (C=O) groups is 2. The Hall–Kier alpha value is -1.14. The summed E-state index contributed by atoms with van der Waals surface area (Å²) < 4.78 is 16.7. The molecule has 2 fully saturated rings. The topological polar surface area (TPSA) is 73.9 Å². The SMILES string of the molecule is CCCCOC(=O)CCCCCCC1(CCOC(C)=O)COC2(CCCCC2)N1. The Balaban J connectivity index is 1.71. The summed E-state index contributed by atoms with van der Waals surface area (Å²) in [6, 6.07) is 0. The minimum absolute atomic E-state index is 0.0681. The van der Waals surface area contributed by atoms with Gasteiger partial charge in [0.05, 0.1) is 19.8 Å². The average Bonchev–Trinajstić information content (AvgIpc) is 3.03. The van der Waals surface area contributed by atoms with Gasteiger partial charge in [-0.1, -0.05) is 39.0 Å². The van der Waals surface area contributed by atoms with Crippen molar-refractivity contribution in [3.8, 4) is 0 Å². The molecular weight excluding hydrogens is 370 g/mol. The highest BCUT2D eigenvalue weighted by atomic mass is 16.5. The van der Waals surface area contributed by atoms with E-state index in [4.69, 9.17) is 14.2 Å². The summed E-state index contributed by atoms with van der Waals surface area (Å²) in [5, 5.41) is 3.84. The maximum atomic E-state index is 11.7. The van der Waals surface area contributed by atoms with E-state index in [9.17, 15) is 9.59 Å². The average molecular weight is 412 g/mol. The number of hydrogen-bond donors (Lipinski definition) is 1. The van der Waals surface area contributed by atoms with Gasteiger partial charge < -0.3 is 14.2 Å². The van der Waals surface area contributed by atoms with E-state index >= 15 is 0 Å². The Kier molecular flexibility index (Phi) is 10.4. The fourth-order valence-electron chi connectivity index (χ4n) is 4.50. The maximum Gasteiger partial charge on any atom is 0.305 e. The van der Waals surface area contributed by atoms with Gasteiger partial charge in [0.1, 0.15) is 5.72 Å². The molecule has 6 nitrogen and oxygen atoms in total. The van der Waals surface area contributed by atoms with Gasteiger partial charge in [0, 0.05) is 25.3 Å². The summed E-state index contributed by atoms with van der Waals surface area (Å²) in [5.41, 5.74) is -0.275. The molecule has 1 aliphatic carbocycles. The summed E-state index contributed by atoms with van der Waals surface area (Å²) in [6.45, 7) is 5.23. The zero-order valence-electron chi connectivity index (χ0n) is 18.6. The molecule has 1 N–H and O–H groups in total. The Morgan fingerprint density at radius 1 is 0.931 bits per heavy atom. The van der Waals surface area contributed by atoms with Crippen LogP contribution in [0.4, 0.5) is 0 Å². The van der Waals surface area contributed by atoms with E-state index in [-0.39, 0.29) is 23.2 Å². The molecule has 1 aliphatic heterocycles. The number of ether oxygens (including phenoxy) is 3. The summed E-state index contributed by atoms with van der Waals surface area (Å²) >= 11 is 0. The van der Waals surface area contributed by atoms with Crippen LogP contribution < -0.4 is 5.32 Å². The minimum Gasteiger partial charge on any atom is -0.466 e. The van der Waals surface area contributed by atoms with Gasteiger partial charge in [-0.25, -0.2) is 0 Å². The second-order valence-corrected chi connectivity index (χ2v) is 8.83. The highest BCUT2D eigenvalue weighted by Gasteiger charge is 2.48. The molecule has 2 aliphatic rings. The lowest BCUT2D eigenvalue weighted by molar-refractivity contribution is -0.144. The van der Waals surface area contributed by atoms with Crippen molar-refractivity contribution in [2.24, 2.45) is 0 Å². The van der Waals surface area contributed by atoms with E-state index < -0.39 is 0 Å². The van der Waals surface area contributed by atoms with Crippen LogP contribution in [0.2, 0.25) is 0 Å². The Labute approximate surface area is 176 Å². The summed E-state index contributed by atoms with van der Waals surface area (Å²) in [7, 11) is 0. The Morgan fingerprint density at radius 2 is 1.69 bits per heavy atom. The first-order valence-corrected chi connectivity index (χ1v) is 11.7. The van der Waals surface area contributed by atoms with Crippen LogP contribution in [0.25, 0.3) is 0 Å². The van der Waals surface area contributed by atoms with Gasteiger partial charge >= 0.3 is 11.9 Å². The van der Waals surface area contributed by atoms with Crippen molar-refractivity contribution in [1.82, 2.24) is 5.32 Å². The molecule has 1 unspecified atom stereocenters. The number of hydrogen-bond acceptors (Lipinski definition) is 6. The lowest BCUT2D eigenvalue weighted by Crippen LogP contribution is -2.53. The highest BCUT2D eigenvalue weighted by Crippen LogP contribution is 2.39. The van der Waals surface area contributed by atoms with Gasteiger partial charge in [-0.3, -0.25) is 14.9 Å². The summed E-state index contributed by atoms with van der Waals surface area (Å²) in [4.78, 5) is 22.8. The zero-order valence-corrected chi connectivity index (χ0v) is 18.6. The fraction of sp³-hybridized carbons (Fsp3) is 0.913. The number of esters is 2. The molecule has 1 heterocycles. The molecule has 1 saturated heterocycles. The van der Waals surface area contributed by atoms with Crippen LogP contribution in [0.5, 0.6) is 0 Å². The van der Waals surface area contributed by atoms with Gasteiger partial charge in [-0.2, -0.15) is 0 Å². The number of nitrogens with one attached hydrogen (secondary N) is 1. The van der Waals surface area contributed by atoms with Crippen LogP contribution in [0.1, 0.15) is 104 Å². The Bertz CT molecular complexity index is 503. The normalized spacial score (nSPS) is 23.2. The zero-order chi connectivity index (χ0) is 21.0. The fourth-order valence-corrected chi connectivity index (χ4v) is 4.50. The number of rotatable bonds is 13. The van der Waals surface area contributed by atoms with Crippen LogP contribution >= 0.6 is 0 Å². The van der Waals surface area contributed by atoms with E-state index in [0.717, 1.165) is 64.2 Å². The van der Waals surface area contributed by atoms with Crippen LogP contribution in [-0.4, -0.2) is 43.0 Å².